The number of nitrogens with one attached hydrogen (secondary N) is 1. The van der Waals surface area contributed by atoms with Crippen LogP contribution in [0.1, 0.15) is 66.6 Å². The van der Waals surface area contributed by atoms with Gasteiger partial charge < -0.3 is 15.4 Å². The molecule has 0 saturated carbocycles. The third-order valence-electron chi connectivity index (χ3n) is 7.83. The van der Waals surface area contributed by atoms with Crippen LogP contribution < -0.4 is 11.4 Å². The molecule has 6 rings (SSSR count). The summed E-state index contributed by atoms with van der Waals surface area (Å²) in [5, 5.41) is 0. The zero-order valence-corrected chi connectivity index (χ0v) is 20.8. The van der Waals surface area contributed by atoms with Crippen molar-refractivity contribution in [2.45, 2.75) is 49.8 Å². The zero-order chi connectivity index (χ0) is 26.2. The van der Waals surface area contributed by atoms with Gasteiger partial charge in [-0.15, -0.1) is 0 Å². The Morgan fingerprint density at radius 1 is 0.974 bits per heavy atom. The molecule has 3 N–H and O–H groups in total. The van der Waals surface area contributed by atoms with Crippen molar-refractivity contribution in [3.05, 3.63) is 94.0 Å². The maximum atomic E-state index is 14.7. The lowest BCUT2D eigenvalue weighted by molar-refractivity contribution is 0.0472. The monoisotopic (exact) mass is 516 g/mol. The molecule has 196 valence electrons. The number of ether oxygens (including phenoxy) is 1. The van der Waals surface area contributed by atoms with Crippen LogP contribution >= 0.6 is 0 Å². The minimum Gasteiger partial charge on any atom is -0.440 e. The molecular formula is C28H29FN6O3. The topological polar surface area (TPSA) is 119 Å². The standard InChI is InChI=1S/C28H29FN6O3/c29-21-7-2-1-5-18(21)19-9-10-23(25-20(24(19)30)6-3-13-31-25)38-28(37)34-15-11-17(12-16-34)35-22-8-4-14-32-26(22)33-27(35)36/h1-8,13-14,17,19,23-24H,9-12,15-16,30H2,(H,32,33,36)/t19-,23+,24-/m0/s1. The van der Waals surface area contributed by atoms with Crippen LogP contribution in [-0.2, 0) is 4.74 Å². The zero-order valence-electron chi connectivity index (χ0n) is 20.8. The number of likely N-dealkylation sites (tertiary alicyclic amines) is 1. The molecule has 1 aromatic carbocycles. The van der Waals surface area contributed by atoms with Gasteiger partial charge in [-0.3, -0.25) is 14.5 Å². The second-order valence-electron chi connectivity index (χ2n) is 9.97. The highest BCUT2D eigenvalue weighted by molar-refractivity contribution is 5.70. The molecule has 1 saturated heterocycles. The van der Waals surface area contributed by atoms with Crippen LogP contribution in [0.4, 0.5) is 9.18 Å². The predicted octanol–water partition coefficient (Wildman–Crippen LogP) is 4.35. The summed E-state index contributed by atoms with van der Waals surface area (Å²) >= 11 is 0. The molecule has 1 amide bonds. The molecule has 0 bridgehead atoms. The number of carbonyl (C=O) groups is 1. The number of aromatic amines is 1. The Bertz CT molecular complexity index is 1530. The molecule has 3 atom stereocenters. The van der Waals surface area contributed by atoms with Crippen LogP contribution in [0.5, 0.6) is 0 Å². The first-order valence-corrected chi connectivity index (χ1v) is 13.0. The fourth-order valence-electron chi connectivity index (χ4n) is 5.91. The molecular weight excluding hydrogens is 487 g/mol. The minimum atomic E-state index is -0.582. The molecule has 3 aromatic heterocycles. The maximum Gasteiger partial charge on any atom is 0.410 e. The van der Waals surface area contributed by atoms with Crippen LogP contribution in [0.2, 0.25) is 0 Å². The Kier molecular flexibility index (Phi) is 6.40. The Morgan fingerprint density at radius 3 is 2.53 bits per heavy atom. The molecule has 4 heterocycles. The Hall–Kier alpha value is -4.05. The summed E-state index contributed by atoms with van der Waals surface area (Å²) in [6.45, 7) is 0.921. The number of imidazole rings is 1. The summed E-state index contributed by atoms with van der Waals surface area (Å²) in [6, 6.07) is 13.5. The lowest BCUT2D eigenvalue weighted by atomic mass is 9.86. The van der Waals surface area contributed by atoms with Gasteiger partial charge in [0.15, 0.2) is 5.65 Å². The number of amides is 1. The van der Waals surface area contributed by atoms with Crippen LogP contribution in [0.3, 0.4) is 0 Å². The van der Waals surface area contributed by atoms with E-state index in [0.717, 1.165) is 11.1 Å². The van der Waals surface area contributed by atoms with E-state index in [-0.39, 0.29) is 23.5 Å². The molecule has 1 aliphatic carbocycles. The van der Waals surface area contributed by atoms with Gasteiger partial charge in [-0.05, 0) is 61.1 Å². The van der Waals surface area contributed by atoms with E-state index in [1.54, 1.807) is 46.1 Å². The number of pyridine rings is 2. The highest BCUT2D eigenvalue weighted by atomic mass is 19.1. The summed E-state index contributed by atoms with van der Waals surface area (Å²) in [5.74, 6) is -0.552. The molecule has 0 radical (unpaired) electrons. The first-order valence-electron chi connectivity index (χ1n) is 13.0. The van der Waals surface area contributed by atoms with Crippen LogP contribution in [0.15, 0.2) is 65.7 Å². The Labute approximate surface area is 218 Å². The largest absolute Gasteiger partial charge is 0.440 e. The van der Waals surface area contributed by atoms with Crippen molar-refractivity contribution < 1.29 is 13.9 Å². The average molecular weight is 517 g/mol. The lowest BCUT2D eigenvalue weighted by Crippen LogP contribution is -2.41. The van der Waals surface area contributed by atoms with Crippen molar-refractivity contribution in [3.63, 3.8) is 0 Å². The maximum absolute atomic E-state index is 14.7. The first kappa shape index (κ1) is 24.3. The van der Waals surface area contributed by atoms with Gasteiger partial charge in [-0.1, -0.05) is 24.3 Å². The normalized spacial score (nSPS) is 22.2. The van der Waals surface area contributed by atoms with E-state index in [0.29, 0.717) is 55.7 Å². The molecule has 0 unspecified atom stereocenters. The van der Waals surface area contributed by atoms with E-state index >= 15 is 0 Å². The van der Waals surface area contributed by atoms with Crippen LogP contribution in [-0.4, -0.2) is 43.6 Å². The number of hydrogen-bond donors (Lipinski definition) is 2. The predicted molar refractivity (Wildman–Crippen MR) is 139 cm³/mol. The minimum absolute atomic E-state index is 0.0377. The smallest absolute Gasteiger partial charge is 0.410 e. The first-order chi connectivity index (χ1) is 18.5. The van der Waals surface area contributed by atoms with Crippen LogP contribution in [0.25, 0.3) is 11.2 Å². The number of fused-ring (bicyclic) bond motifs is 2. The van der Waals surface area contributed by atoms with Crippen LogP contribution in [0, 0.1) is 5.82 Å². The van der Waals surface area contributed by atoms with Gasteiger partial charge in [0, 0.05) is 43.5 Å². The number of rotatable bonds is 3. The number of H-pyrrole nitrogens is 1. The fraction of sp³-hybridized carbons (Fsp3) is 0.357. The number of carbonyl (C=O) groups excluding carboxylic acids is 1. The van der Waals surface area contributed by atoms with Gasteiger partial charge in [0.05, 0.1) is 11.2 Å². The third-order valence-corrected chi connectivity index (χ3v) is 7.83. The van der Waals surface area contributed by atoms with Gasteiger partial charge in [-0.2, -0.15) is 0 Å². The Balaban J connectivity index is 1.17. The molecule has 2 aliphatic rings. The summed E-state index contributed by atoms with van der Waals surface area (Å²) in [7, 11) is 0. The van der Waals surface area contributed by atoms with E-state index in [1.807, 2.05) is 18.2 Å². The summed E-state index contributed by atoms with van der Waals surface area (Å²) < 4.78 is 22.4. The number of aromatic nitrogens is 4. The van der Waals surface area contributed by atoms with Gasteiger partial charge in [0.25, 0.3) is 0 Å². The number of hydrogen-bond acceptors (Lipinski definition) is 6. The number of nitrogens with zero attached hydrogens (tertiary/aromatic N) is 4. The molecule has 0 spiro atoms. The van der Waals surface area contributed by atoms with E-state index in [1.165, 1.54) is 6.07 Å². The quantitative estimate of drug-likeness (QED) is 0.391. The summed E-state index contributed by atoms with van der Waals surface area (Å²) in [5.41, 5.74) is 9.73. The van der Waals surface area contributed by atoms with Crippen molar-refractivity contribution in [1.82, 2.24) is 24.4 Å². The lowest BCUT2D eigenvalue weighted by Gasteiger charge is -2.33. The average Bonchev–Trinajstić information content (AvgIpc) is 3.21. The van der Waals surface area contributed by atoms with Crippen molar-refractivity contribution in [3.8, 4) is 0 Å². The van der Waals surface area contributed by atoms with Gasteiger partial charge in [-0.25, -0.2) is 19.0 Å². The second kappa shape index (κ2) is 10.0. The molecule has 38 heavy (non-hydrogen) atoms. The fourth-order valence-corrected chi connectivity index (χ4v) is 5.91. The molecule has 4 aromatic rings. The van der Waals surface area contributed by atoms with Gasteiger partial charge in [0.1, 0.15) is 11.9 Å². The summed E-state index contributed by atoms with van der Waals surface area (Å²) in [4.78, 5) is 39.0. The molecule has 1 aliphatic heterocycles. The molecule has 10 heteroatoms. The Morgan fingerprint density at radius 2 is 1.71 bits per heavy atom. The van der Waals surface area contributed by atoms with Gasteiger partial charge in [0.2, 0.25) is 0 Å². The van der Waals surface area contributed by atoms with Crippen molar-refractivity contribution >= 4 is 17.3 Å². The van der Waals surface area contributed by atoms with Crippen molar-refractivity contribution in [1.29, 1.82) is 0 Å². The van der Waals surface area contributed by atoms with Crippen molar-refractivity contribution in [2.24, 2.45) is 5.73 Å². The highest BCUT2D eigenvalue weighted by Crippen LogP contribution is 2.43. The number of benzene rings is 1. The van der Waals surface area contributed by atoms with E-state index in [4.69, 9.17) is 10.5 Å². The molecule has 1 fully saturated rings. The third kappa shape index (κ3) is 4.34. The number of halogens is 1. The van der Waals surface area contributed by atoms with E-state index in [2.05, 4.69) is 15.0 Å². The van der Waals surface area contributed by atoms with Gasteiger partial charge >= 0.3 is 11.8 Å². The number of nitrogens with two attached hydrogens (primary N) is 1. The summed E-state index contributed by atoms with van der Waals surface area (Å²) in [6.07, 6.45) is 4.58. The molecule has 9 nitrogen and oxygen atoms in total. The highest BCUT2D eigenvalue weighted by Gasteiger charge is 2.36. The van der Waals surface area contributed by atoms with Crippen molar-refractivity contribution in [2.75, 3.05) is 13.1 Å². The SMILES string of the molecule is N[C@@H]1c2cccnc2[C@H](OC(=O)N2CCC(n3c(=O)[nH]c4ncccc43)CC2)CC[C@H]1c1ccccc1F. The number of piperidine rings is 1. The van der Waals surface area contributed by atoms with E-state index in [9.17, 15) is 14.0 Å². The second-order valence-corrected chi connectivity index (χ2v) is 9.97. The van der Waals surface area contributed by atoms with E-state index < -0.39 is 18.2 Å².